The lowest BCUT2D eigenvalue weighted by atomic mass is 10.0. The van der Waals surface area contributed by atoms with Crippen molar-refractivity contribution in [3.63, 3.8) is 0 Å². The van der Waals surface area contributed by atoms with Gasteiger partial charge in [0.1, 0.15) is 6.07 Å². The van der Waals surface area contributed by atoms with Gasteiger partial charge in [-0.3, -0.25) is 0 Å². The summed E-state index contributed by atoms with van der Waals surface area (Å²) >= 11 is 0. The Morgan fingerprint density at radius 1 is 1.25 bits per heavy atom. The molecule has 1 fully saturated rings. The number of hydrogen-bond acceptors (Lipinski definition) is 5. The number of nitriles is 1. The van der Waals surface area contributed by atoms with Gasteiger partial charge in [0.15, 0.2) is 6.29 Å². The Balaban J connectivity index is 1.71. The highest BCUT2D eigenvalue weighted by atomic mass is 19.1. The van der Waals surface area contributed by atoms with Gasteiger partial charge in [-0.25, -0.2) is 4.98 Å². The third-order valence-electron chi connectivity index (χ3n) is 4.00. The molecule has 1 aliphatic rings. The van der Waals surface area contributed by atoms with E-state index in [1.165, 1.54) is 6.20 Å². The number of aromatic nitrogens is 2. The molecule has 0 spiro atoms. The summed E-state index contributed by atoms with van der Waals surface area (Å²) in [6, 6.07) is 8.95. The Morgan fingerprint density at radius 3 is 2.54 bits per heavy atom. The quantitative estimate of drug-likeness (QED) is 0.802. The molecular weight excluding hydrogens is 309 g/mol. The fraction of sp³-hybridized carbons (Fsp3) is 0.389. The summed E-state index contributed by atoms with van der Waals surface area (Å²) in [6.45, 7) is 3.54. The zero-order chi connectivity index (χ0) is 16.9. The highest BCUT2D eigenvalue weighted by Gasteiger charge is 2.23. The fourth-order valence-electron chi connectivity index (χ4n) is 2.74. The largest absolute Gasteiger partial charge is 0.348 e. The van der Waals surface area contributed by atoms with E-state index in [9.17, 15) is 4.39 Å². The molecule has 1 aliphatic heterocycles. The molecular formula is C18H18FN3O2. The van der Waals surface area contributed by atoms with Crippen LogP contribution in [0.2, 0.25) is 0 Å². The summed E-state index contributed by atoms with van der Waals surface area (Å²) in [5.41, 5.74) is 1.79. The second-order valence-corrected chi connectivity index (χ2v) is 5.79. The van der Waals surface area contributed by atoms with Gasteiger partial charge in [-0.15, -0.1) is 0 Å². The van der Waals surface area contributed by atoms with Crippen molar-refractivity contribution in [2.75, 3.05) is 13.2 Å². The van der Waals surface area contributed by atoms with E-state index in [0.717, 1.165) is 18.4 Å². The Labute approximate surface area is 140 Å². The third kappa shape index (κ3) is 3.58. The van der Waals surface area contributed by atoms with Crippen molar-refractivity contribution in [1.82, 2.24) is 9.97 Å². The summed E-state index contributed by atoms with van der Waals surface area (Å²) in [7, 11) is 0. The normalized spacial score (nSPS) is 20.5. The molecule has 6 heteroatoms. The lowest BCUT2D eigenvalue weighted by molar-refractivity contribution is -0.206. The molecule has 5 nitrogen and oxygen atoms in total. The summed E-state index contributed by atoms with van der Waals surface area (Å²) in [5, 5.41) is 8.69. The number of hydrogen-bond donors (Lipinski definition) is 0. The van der Waals surface area contributed by atoms with E-state index >= 15 is 0 Å². The van der Waals surface area contributed by atoms with Gasteiger partial charge in [-0.1, -0.05) is 37.6 Å². The van der Waals surface area contributed by atoms with Crippen LogP contribution in [0.1, 0.15) is 37.4 Å². The average Bonchev–Trinajstić information content (AvgIpc) is 2.63. The van der Waals surface area contributed by atoms with Crippen LogP contribution < -0.4 is 0 Å². The van der Waals surface area contributed by atoms with Crippen molar-refractivity contribution in [2.45, 2.75) is 26.1 Å². The van der Waals surface area contributed by atoms with Crippen molar-refractivity contribution in [3.05, 3.63) is 47.8 Å². The van der Waals surface area contributed by atoms with Crippen molar-refractivity contribution >= 4 is 0 Å². The molecule has 24 heavy (non-hydrogen) atoms. The molecule has 0 amide bonds. The van der Waals surface area contributed by atoms with Crippen molar-refractivity contribution in [1.29, 1.82) is 5.26 Å². The first kappa shape index (κ1) is 16.5. The summed E-state index contributed by atoms with van der Waals surface area (Å²) < 4.78 is 25.5. The molecule has 1 aromatic heterocycles. The molecule has 124 valence electrons. The van der Waals surface area contributed by atoms with Gasteiger partial charge in [0.05, 0.1) is 18.8 Å². The zero-order valence-electron chi connectivity index (χ0n) is 13.4. The molecule has 0 saturated carbocycles. The summed E-state index contributed by atoms with van der Waals surface area (Å²) in [5.74, 6) is -0.434. The van der Waals surface area contributed by atoms with Crippen LogP contribution in [0.15, 0.2) is 30.5 Å². The van der Waals surface area contributed by atoms with E-state index in [-0.39, 0.29) is 17.7 Å². The zero-order valence-corrected chi connectivity index (χ0v) is 13.4. The lowest BCUT2D eigenvalue weighted by Gasteiger charge is -2.29. The number of nitrogens with zero attached hydrogens (tertiary/aromatic N) is 3. The molecule has 0 N–H and O–H groups in total. The van der Waals surface area contributed by atoms with Gasteiger partial charge in [0.25, 0.3) is 0 Å². The Hall–Kier alpha value is -2.36. The second kappa shape index (κ2) is 7.47. The van der Waals surface area contributed by atoms with Gasteiger partial charge in [0.2, 0.25) is 11.8 Å². The van der Waals surface area contributed by atoms with Gasteiger partial charge in [-0.05, 0) is 12.0 Å². The van der Waals surface area contributed by atoms with E-state index in [4.69, 9.17) is 14.7 Å². The number of halogens is 1. The molecule has 0 atom stereocenters. The summed E-state index contributed by atoms with van der Waals surface area (Å²) in [4.78, 5) is 7.33. The maximum atomic E-state index is 13.9. The molecule has 0 aliphatic carbocycles. The molecule has 2 heterocycles. The molecule has 3 rings (SSSR count). The number of benzene rings is 1. The smallest absolute Gasteiger partial charge is 0.234 e. The minimum atomic E-state index is -0.707. The average molecular weight is 327 g/mol. The van der Waals surface area contributed by atoms with E-state index in [2.05, 4.69) is 16.9 Å². The minimum Gasteiger partial charge on any atom is -0.348 e. The first-order valence-corrected chi connectivity index (χ1v) is 7.97. The predicted octanol–water partition coefficient (Wildman–Crippen LogP) is 3.62. The van der Waals surface area contributed by atoms with Crippen LogP contribution >= 0.6 is 0 Å². The third-order valence-corrected chi connectivity index (χ3v) is 4.00. The van der Waals surface area contributed by atoms with Crippen molar-refractivity contribution < 1.29 is 13.9 Å². The second-order valence-electron chi connectivity index (χ2n) is 5.79. The van der Waals surface area contributed by atoms with E-state index in [1.54, 1.807) is 18.2 Å². The van der Waals surface area contributed by atoms with Crippen LogP contribution in [-0.4, -0.2) is 23.2 Å². The maximum absolute atomic E-state index is 13.9. The van der Waals surface area contributed by atoms with Crippen LogP contribution in [-0.2, 0) is 9.47 Å². The molecule has 2 aromatic rings. The minimum absolute atomic E-state index is 0.182. The number of rotatable bonds is 4. The van der Waals surface area contributed by atoms with Gasteiger partial charge in [0, 0.05) is 17.7 Å². The topological polar surface area (TPSA) is 68.0 Å². The van der Waals surface area contributed by atoms with Crippen LogP contribution in [0.4, 0.5) is 4.39 Å². The van der Waals surface area contributed by atoms with Crippen LogP contribution in [0, 0.1) is 23.2 Å². The Morgan fingerprint density at radius 2 is 1.96 bits per heavy atom. The fourth-order valence-corrected chi connectivity index (χ4v) is 2.74. The molecule has 0 bridgehead atoms. The SMILES string of the molecule is CCCC1COC(c2ccc(-c3cnc(C#N)nc3F)cc2)OC1. The number of ether oxygens (including phenoxy) is 2. The van der Waals surface area contributed by atoms with E-state index in [1.807, 2.05) is 12.1 Å². The van der Waals surface area contributed by atoms with Gasteiger partial charge < -0.3 is 9.47 Å². The first-order valence-electron chi connectivity index (χ1n) is 7.97. The predicted molar refractivity (Wildman–Crippen MR) is 85.2 cm³/mol. The van der Waals surface area contributed by atoms with Crippen molar-refractivity contribution in [2.24, 2.45) is 5.92 Å². The van der Waals surface area contributed by atoms with Crippen molar-refractivity contribution in [3.8, 4) is 17.2 Å². The standard InChI is InChI=1S/C18H18FN3O2/c1-2-3-12-10-23-18(24-11-12)14-6-4-13(5-7-14)15-9-21-16(8-20)22-17(15)19/h4-7,9,12,18H,2-3,10-11H2,1H3. The molecule has 1 aromatic carbocycles. The summed E-state index contributed by atoms with van der Waals surface area (Å²) in [6.07, 6.45) is 3.16. The van der Waals surface area contributed by atoms with Gasteiger partial charge in [-0.2, -0.15) is 14.6 Å². The Bertz CT molecular complexity index is 735. The Kier molecular flexibility index (Phi) is 5.14. The highest BCUT2D eigenvalue weighted by Crippen LogP contribution is 2.29. The molecule has 0 unspecified atom stereocenters. The van der Waals surface area contributed by atoms with Gasteiger partial charge >= 0.3 is 0 Å². The van der Waals surface area contributed by atoms with Crippen LogP contribution in [0.5, 0.6) is 0 Å². The highest BCUT2D eigenvalue weighted by molar-refractivity contribution is 5.62. The van der Waals surface area contributed by atoms with E-state index in [0.29, 0.717) is 24.7 Å². The molecule has 0 radical (unpaired) electrons. The maximum Gasteiger partial charge on any atom is 0.234 e. The van der Waals surface area contributed by atoms with E-state index < -0.39 is 5.95 Å². The molecule has 1 saturated heterocycles. The van der Waals surface area contributed by atoms with Crippen LogP contribution in [0.3, 0.4) is 0 Å². The van der Waals surface area contributed by atoms with Crippen LogP contribution in [0.25, 0.3) is 11.1 Å². The monoisotopic (exact) mass is 327 g/mol. The first-order chi connectivity index (χ1) is 11.7. The lowest BCUT2D eigenvalue weighted by Crippen LogP contribution is -2.26.